The number of anilines is 1. The average molecular weight is 211 g/mol. The molecule has 2 aliphatic heterocycles. The van der Waals surface area contributed by atoms with E-state index in [1.165, 1.54) is 24.4 Å². The van der Waals surface area contributed by atoms with Crippen molar-refractivity contribution in [3.05, 3.63) is 5.82 Å². The lowest BCUT2D eigenvalue weighted by atomic mass is 9.96. The van der Waals surface area contributed by atoms with Crippen LogP contribution in [0.3, 0.4) is 0 Å². The Morgan fingerprint density at radius 2 is 2.43 bits per heavy atom. The van der Waals surface area contributed by atoms with E-state index in [0.29, 0.717) is 18.2 Å². The molecule has 5 heteroatoms. The number of fused-ring (bicyclic) bond motifs is 2. The highest BCUT2D eigenvalue weighted by Crippen LogP contribution is 2.36. The summed E-state index contributed by atoms with van der Waals surface area (Å²) in [5.74, 6) is 0.849. The third-order valence-electron chi connectivity index (χ3n) is 2.94. The zero-order valence-corrected chi connectivity index (χ0v) is 8.88. The molecule has 0 aliphatic carbocycles. The fraction of sp³-hybridized carbons (Fsp3) is 0.778. The molecule has 0 aromatic carbocycles. The minimum Gasteiger partial charge on any atom is -0.373 e. The van der Waals surface area contributed by atoms with Gasteiger partial charge in [-0.2, -0.15) is 4.37 Å². The van der Waals surface area contributed by atoms with Gasteiger partial charge in [0.2, 0.25) is 5.13 Å². The van der Waals surface area contributed by atoms with Gasteiger partial charge in [-0.3, -0.25) is 0 Å². The molecule has 3 atom stereocenters. The summed E-state index contributed by atoms with van der Waals surface area (Å²) in [5.41, 5.74) is 0. The highest BCUT2D eigenvalue weighted by molar-refractivity contribution is 7.09. The normalized spacial score (nSPS) is 35.1. The SMILES string of the molecule is Cc1nsc(NC2CC3CCC2O3)n1. The summed E-state index contributed by atoms with van der Waals surface area (Å²) in [4.78, 5) is 4.30. The number of hydrogen-bond acceptors (Lipinski definition) is 5. The minimum atomic E-state index is 0.407. The van der Waals surface area contributed by atoms with E-state index >= 15 is 0 Å². The van der Waals surface area contributed by atoms with Crippen LogP contribution < -0.4 is 5.32 Å². The van der Waals surface area contributed by atoms with E-state index in [4.69, 9.17) is 4.74 Å². The average Bonchev–Trinajstić information content (AvgIpc) is 2.82. The Morgan fingerprint density at radius 3 is 3.00 bits per heavy atom. The first-order chi connectivity index (χ1) is 6.81. The van der Waals surface area contributed by atoms with Gasteiger partial charge in [0.25, 0.3) is 0 Å². The van der Waals surface area contributed by atoms with Crippen molar-refractivity contribution in [1.82, 2.24) is 9.36 Å². The largest absolute Gasteiger partial charge is 0.373 e. The number of hydrogen-bond donors (Lipinski definition) is 1. The van der Waals surface area contributed by atoms with Crippen LogP contribution in [0.5, 0.6) is 0 Å². The maximum absolute atomic E-state index is 5.76. The zero-order valence-electron chi connectivity index (χ0n) is 8.06. The van der Waals surface area contributed by atoms with E-state index in [1.54, 1.807) is 0 Å². The van der Waals surface area contributed by atoms with Gasteiger partial charge >= 0.3 is 0 Å². The number of nitrogens with one attached hydrogen (secondary N) is 1. The molecule has 1 N–H and O–H groups in total. The van der Waals surface area contributed by atoms with Gasteiger partial charge in [-0.1, -0.05) is 0 Å². The van der Waals surface area contributed by atoms with Crippen LogP contribution in [0.2, 0.25) is 0 Å². The highest BCUT2D eigenvalue weighted by Gasteiger charge is 2.40. The molecule has 3 unspecified atom stereocenters. The van der Waals surface area contributed by atoms with Crippen molar-refractivity contribution in [3.63, 3.8) is 0 Å². The fourth-order valence-electron chi connectivity index (χ4n) is 2.30. The summed E-state index contributed by atoms with van der Waals surface area (Å²) in [6.07, 6.45) is 4.46. The van der Waals surface area contributed by atoms with Gasteiger partial charge in [0, 0.05) is 11.5 Å². The van der Waals surface area contributed by atoms with Crippen molar-refractivity contribution in [2.45, 2.75) is 44.4 Å². The predicted octanol–water partition coefficient (Wildman–Crippen LogP) is 1.58. The Labute approximate surface area is 86.9 Å². The summed E-state index contributed by atoms with van der Waals surface area (Å²) in [5, 5.41) is 4.35. The van der Waals surface area contributed by atoms with Gasteiger partial charge in [0.05, 0.1) is 18.2 Å². The molecule has 1 aromatic heterocycles. The van der Waals surface area contributed by atoms with Crippen molar-refractivity contribution in [2.24, 2.45) is 0 Å². The van der Waals surface area contributed by atoms with Crippen LogP contribution in [0.15, 0.2) is 0 Å². The van der Waals surface area contributed by atoms with Crippen LogP contribution in [-0.4, -0.2) is 27.6 Å². The monoisotopic (exact) mass is 211 g/mol. The van der Waals surface area contributed by atoms with E-state index in [1.807, 2.05) is 6.92 Å². The standard InChI is InChI=1S/C9H13N3OS/c1-5-10-9(14-12-5)11-7-4-6-2-3-8(7)13-6/h6-8H,2-4H2,1H3,(H,10,11,12). The Hall–Kier alpha value is -0.680. The molecule has 0 spiro atoms. The lowest BCUT2D eigenvalue weighted by Gasteiger charge is -2.18. The van der Waals surface area contributed by atoms with E-state index in [2.05, 4.69) is 14.7 Å². The topological polar surface area (TPSA) is 47.0 Å². The van der Waals surface area contributed by atoms with E-state index in [0.717, 1.165) is 17.4 Å². The van der Waals surface area contributed by atoms with Gasteiger partial charge < -0.3 is 10.1 Å². The van der Waals surface area contributed by atoms with Crippen LogP contribution in [0, 0.1) is 6.92 Å². The molecule has 0 radical (unpaired) electrons. The second-order valence-corrected chi connectivity index (χ2v) is 4.76. The second kappa shape index (κ2) is 3.17. The van der Waals surface area contributed by atoms with Crippen molar-refractivity contribution < 1.29 is 4.74 Å². The van der Waals surface area contributed by atoms with Crippen molar-refractivity contribution in [2.75, 3.05) is 5.32 Å². The molecule has 3 heterocycles. The summed E-state index contributed by atoms with van der Waals surface area (Å²) in [7, 11) is 0. The summed E-state index contributed by atoms with van der Waals surface area (Å²) in [6, 6.07) is 0.459. The molecular weight excluding hydrogens is 198 g/mol. The summed E-state index contributed by atoms with van der Waals surface area (Å²) < 4.78 is 9.91. The smallest absolute Gasteiger partial charge is 0.202 e. The number of ether oxygens (including phenoxy) is 1. The summed E-state index contributed by atoms with van der Waals surface area (Å²) in [6.45, 7) is 1.92. The molecule has 2 fully saturated rings. The Kier molecular flexibility index (Phi) is 1.95. The number of aromatic nitrogens is 2. The molecule has 2 saturated heterocycles. The van der Waals surface area contributed by atoms with Crippen molar-refractivity contribution >= 4 is 16.7 Å². The summed E-state index contributed by atoms with van der Waals surface area (Å²) >= 11 is 1.44. The molecule has 0 saturated carbocycles. The first-order valence-corrected chi connectivity index (χ1v) is 5.81. The maximum Gasteiger partial charge on any atom is 0.202 e. The van der Waals surface area contributed by atoms with Crippen LogP contribution in [0.25, 0.3) is 0 Å². The van der Waals surface area contributed by atoms with Crippen molar-refractivity contribution in [3.8, 4) is 0 Å². The molecular formula is C9H13N3OS. The maximum atomic E-state index is 5.76. The van der Waals surface area contributed by atoms with Crippen LogP contribution in [-0.2, 0) is 4.74 Å². The molecule has 3 rings (SSSR count). The van der Waals surface area contributed by atoms with Gasteiger partial charge in [-0.15, -0.1) is 0 Å². The van der Waals surface area contributed by atoms with Gasteiger partial charge in [0.15, 0.2) is 0 Å². The quantitative estimate of drug-likeness (QED) is 0.806. The molecule has 14 heavy (non-hydrogen) atoms. The van der Waals surface area contributed by atoms with Crippen LogP contribution in [0.1, 0.15) is 25.1 Å². The van der Waals surface area contributed by atoms with Gasteiger partial charge in [-0.05, 0) is 26.2 Å². The molecule has 2 aliphatic rings. The lowest BCUT2D eigenvalue weighted by Crippen LogP contribution is -2.30. The minimum absolute atomic E-state index is 0.407. The molecule has 0 amide bonds. The lowest BCUT2D eigenvalue weighted by molar-refractivity contribution is 0.102. The predicted molar refractivity (Wildman–Crippen MR) is 54.6 cm³/mol. The Morgan fingerprint density at radius 1 is 1.50 bits per heavy atom. The molecule has 2 bridgehead atoms. The van der Waals surface area contributed by atoms with Crippen molar-refractivity contribution in [1.29, 1.82) is 0 Å². The number of aryl methyl sites for hydroxylation is 1. The van der Waals surface area contributed by atoms with Crippen LogP contribution in [0.4, 0.5) is 5.13 Å². The molecule has 1 aromatic rings. The molecule has 76 valence electrons. The van der Waals surface area contributed by atoms with E-state index in [-0.39, 0.29) is 0 Å². The zero-order chi connectivity index (χ0) is 9.54. The van der Waals surface area contributed by atoms with Gasteiger partial charge in [-0.25, -0.2) is 4.98 Å². The first kappa shape index (κ1) is 8.61. The third-order valence-corrected chi connectivity index (χ3v) is 3.68. The third kappa shape index (κ3) is 1.40. The number of nitrogens with zero attached hydrogens (tertiary/aromatic N) is 2. The number of rotatable bonds is 2. The second-order valence-electron chi connectivity index (χ2n) is 4.01. The van der Waals surface area contributed by atoms with Gasteiger partial charge in [0.1, 0.15) is 5.82 Å². The van der Waals surface area contributed by atoms with Crippen LogP contribution >= 0.6 is 11.5 Å². The van der Waals surface area contributed by atoms with E-state index in [9.17, 15) is 0 Å². The fourth-order valence-corrected chi connectivity index (χ4v) is 2.94. The van der Waals surface area contributed by atoms with E-state index < -0.39 is 0 Å². The molecule has 4 nitrogen and oxygen atoms in total. The Balaban J connectivity index is 1.68. The first-order valence-electron chi connectivity index (χ1n) is 5.03. The Bertz CT molecular complexity index is 341. The highest BCUT2D eigenvalue weighted by atomic mass is 32.1.